The molecular formula is C25H32N4O3S. The van der Waals surface area contributed by atoms with Crippen molar-refractivity contribution in [2.75, 3.05) is 31.1 Å². The molecule has 0 bridgehead atoms. The number of anilines is 2. The lowest BCUT2D eigenvalue weighted by molar-refractivity contribution is -0.127. The molecule has 0 aliphatic carbocycles. The van der Waals surface area contributed by atoms with Crippen LogP contribution in [-0.2, 0) is 14.3 Å². The number of aromatic nitrogens is 1. The van der Waals surface area contributed by atoms with Gasteiger partial charge in [0, 0.05) is 50.6 Å². The Hall–Kier alpha value is -2.55. The lowest BCUT2D eigenvalue weighted by atomic mass is 10.1. The van der Waals surface area contributed by atoms with Crippen LogP contribution in [0.25, 0.3) is 6.08 Å². The first-order chi connectivity index (χ1) is 15.9. The minimum atomic E-state index is -0.103. The second-order valence-corrected chi connectivity index (χ2v) is 9.72. The number of hydrogen-bond acceptors (Lipinski definition) is 6. The molecule has 2 aromatic rings. The normalized spacial score (nSPS) is 23.8. The Morgan fingerprint density at radius 3 is 2.64 bits per heavy atom. The maximum atomic E-state index is 13.0. The van der Waals surface area contributed by atoms with Gasteiger partial charge in [0.15, 0.2) is 5.13 Å². The van der Waals surface area contributed by atoms with Gasteiger partial charge in [0.05, 0.1) is 23.6 Å². The summed E-state index contributed by atoms with van der Waals surface area (Å²) in [5.41, 5.74) is 1.45. The zero-order valence-corrected chi connectivity index (χ0v) is 20.3. The summed E-state index contributed by atoms with van der Waals surface area (Å²) in [6, 6.07) is 9.69. The summed E-state index contributed by atoms with van der Waals surface area (Å²) in [6.45, 7) is 9.24. The van der Waals surface area contributed by atoms with Crippen LogP contribution in [0.15, 0.2) is 41.8 Å². The number of thiazole rings is 1. The molecule has 3 unspecified atom stereocenters. The van der Waals surface area contributed by atoms with Gasteiger partial charge in [0.1, 0.15) is 0 Å². The fourth-order valence-corrected chi connectivity index (χ4v) is 5.61. The van der Waals surface area contributed by atoms with Gasteiger partial charge in [-0.1, -0.05) is 18.2 Å². The Morgan fingerprint density at radius 2 is 1.94 bits per heavy atom. The van der Waals surface area contributed by atoms with Crippen LogP contribution >= 0.6 is 11.3 Å². The number of amides is 2. The molecule has 0 saturated carbocycles. The second-order valence-electron chi connectivity index (χ2n) is 8.88. The van der Waals surface area contributed by atoms with E-state index in [4.69, 9.17) is 4.74 Å². The summed E-state index contributed by atoms with van der Waals surface area (Å²) in [5.74, 6) is -0.0818. The molecule has 2 amide bonds. The molecule has 3 atom stereocenters. The Balaban J connectivity index is 1.40. The lowest BCUT2D eigenvalue weighted by Crippen LogP contribution is -2.50. The molecule has 4 rings (SSSR count). The highest BCUT2D eigenvalue weighted by atomic mass is 32.1. The van der Waals surface area contributed by atoms with E-state index in [0.717, 1.165) is 44.7 Å². The van der Waals surface area contributed by atoms with Crippen LogP contribution in [0.5, 0.6) is 0 Å². The Bertz CT molecular complexity index is 983. The predicted octanol–water partition coefficient (Wildman–Crippen LogP) is 3.94. The first-order valence-electron chi connectivity index (χ1n) is 11.6. The summed E-state index contributed by atoms with van der Waals surface area (Å²) in [4.78, 5) is 35.8. The Kier molecular flexibility index (Phi) is 7.57. The number of nitrogens with zero attached hydrogens (tertiary/aromatic N) is 4. The van der Waals surface area contributed by atoms with Crippen molar-refractivity contribution in [2.24, 2.45) is 0 Å². The van der Waals surface area contributed by atoms with E-state index in [1.807, 2.05) is 40.6 Å². The van der Waals surface area contributed by atoms with Gasteiger partial charge in [-0.05, 0) is 44.9 Å². The average molecular weight is 469 g/mol. The van der Waals surface area contributed by atoms with Crippen molar-refractivity contribution in [2.45, 2.75) is 51.9 Å². The van der Waals surface area contributed by atoms with Gasteiger partial charge in [-0.15, -0.1) is 11.3 Å². The number of carbonyl (C=O) groups excluding carboxylic acids is 2. The van der Waals surface area contributed by atoms with E-state index in [9.17, 15) is 9.59 Å². The van der Waals surface area contributed by atoms with Gasteiger partial charge in [0.2, 0.25) is 11.8 Å². The SMILES string of the molecule is CC(=O)N(c1ccccc1)c1nc(/C=C/C(=O)N2CCCC2CN2CC(C)OC(C)C2)cs1. The molecule has 7 nitrogen and oxygen atoms in total. The van der Waals surface area contributed by atoms with E-state index in [2.05, 4.69) is 23.7 Å². The van der Waals surface area contributed by atoms with Gasteiger partial charge in [-0.25, -0.2) is 4.98 Å². The first kappa shape index (κ1) is 23.6. The molecule has 2 fully saturated rings. The molecule has 2 aliphatic heterocycles. The third-order valence-corrected chi connectivity index (χ3v) is 6.90. The largest absolute Gasteiger partial charge is 0.373 e. The van der Waals surface area contributed by atoms with Crippen molar-refractivity contribution in [1.29, 1.82) is 0 Å². The molecule has 1 aromatic heterocycles. The number of morpholine rings is 1. The third-order valence-electron chi connectivity index (χ3n) is 6.05. The molecule has 0 N–H and O–H groups in total. The van der Waals surface area contributed by atoms with Crippen LogP contribution < -0.4 is 4.90 Å². The third kappa shape index (κ3) is 5.88. The van der Waals surface area contributed by atoms with E-state index in [0.29, 0.717) is 10.8 Å². The second kappa shape index (κ2) is 10.6. The van der Waals surface area contributed by atoms with E-state index >= 15 is 0 Å². The van der Waals surface area contributed by atoms with Crippen LogP contribution in [0.1, 0.15) is 39.3 Å². The number of ether oxygens (including phenoxy) is 1. The van der Waals surface area contributed by atoms with Crippen molar-refractivity contribution in [1.82, 2.24) is 14.8 Å². The Labute approximate surface area is 199 Å². The van der Waals surface area contributed by atoms with Crippen molar-refractivity contribution < 1.29 is 14.3 Å². The maximum absolute atomic E-state index is 13.0. The van der Waals surface area contributed by atoms with Crippen molar-refractivity contribution in [3.8, 4) is 0 Å². The van der Waals surface area contributed by atoms with Crippen LogP contribution in [0.4, 0.5) is 10.8 Å². The highest BCUT2D eigenvalue weighted by Gasteiger charge is 2.31. The molecular weight excluding hydrogens is 436 g/mol. The van der Waals surface area contributed by atoms with Gasteiger partial charge >= 0.3 is 0 Å². The molecule has 8 heteroatoms. The number of benzene rings is 1. The quantitative estimate of drug-likeness (QED) is 0.601. The van der Waals surface area contributed by atoms with Crippen LogP contribution in [0.3, 0.4) is 0 Å². The van der Waals surface area contributed by atoms with E-state index in [-0.39, 0.29) is 30.1 Å². The van der Waals surface area contributed by atoms with Crippen LogP contribution in [0, 0.1) is 0 Å². The predicted molar refractivity (Wildman–Crippen MR) is 132 cm³/mol. The van der Waals surface area contributed by atoms with Gasteiger partial charge in [-0.2, -0.15) is 0 Å². The molecule has 0 spiro atoms. The summed E-state index contributed by atoms with van der Waals surface area (Å²) in [7, 11) is 0. The van der Waals surface area contributed by atoms with Crippen LogP contribution in [0.2, 0.25) is 0 Å². The molecule has 2 saturated heterocycles. The first-order valence-corrected chi connectivity index (χ1v) is 12.5. The lowest BCUT2D eigenvalue weighted by Gasteiger charge is -2.38. The van der Waals surface area contributed by atoms with Gasteiger partial charge in [0.25, 0.3) is 0 Å². The summed E-state index contributed by atoms with van der Waals surface area (Å²) in [5, 5.41) is 2.46. The summed E-state index contributed by atoms with van der Waals surface area (Å²) >= 11 is 1.39. The number of likely N-dealkylation sites (tertiary alicyclic amines) is 1. The average Bonchev–Trinajstić information content (AvgIpc) is 3.42. The van der Waals surface area contributed by atoms with E-state index < -0.39 is 0 Å². The zero-order chi connectivity index (χ0) is 23.4. The van der Waals surface area contributed by atoms with Crippen molar-refractivity contribution in [3.63, 3.8) is 0 Å². The minimum absolute atomic E-state index is 0.0212. The fourth-order valence-electron chi connectivity index (χ4n) is 4.76. The molecule has 3 heterocycles. The number of hydrogen-bond donors (Lipinski definition) is 0. The van der Waals surface area contributed by atoms with Gasteiger partial charge < -0.3 is 9.64 Å². The molecule has 33 heavy (non-hydrogen) atoms. The Morgan fingerprint density at radius 1 is 1.21 bits per heavy atom. The van der Waals surface area contributed by atoms with Crippen molar-refractivity contribution >= 4 is 40.0 Å². The maximum Gasteiger partial charge on any atom is 0.246 e. The van der Waals surface area contributed by atoms with Gasteiger partial charge in [-0.3, -0.25) is 19.4 Å². The molecule has 0 radical (unpaired) electrons. The highest BCUT2D eigenvalue weighted by molar-refractivity contribution is 7.14. The monoisotopic (exact) mass is 468 g/mol. The van der Waals surface area contributed by atoms with E-state index in [1.165, 1.54) is 18.3 Å². The number of carbonyl (C=O) groups is 2. The molecule has 2 aliphatic rings. The minimum Gasteiger partial charge on any atom is -0.373 e. The number of para-hydroxylation sites is 1. The fraction of sp³-hybridized carbons (Fsp3) is 0.480. The standard InChI is InChI=1S/C25H32N4O3S/c1-18-14-27(15-19(2)32-18)16-23-10-7-13-28(23)24(31)12-11-21-17-33-25(26-21)29(20(3)30)22-8-5-4-6-9-22/h4-6,8-9,11-12,17-19,23H,7,10,13-16H2,1-3H3/b12-11+. The smallest absolute Gasteiger partial charge is 0.246 e. The topological polar surface area (TPSA) is 66.0 Å². The molecule has 1 aromatic carbocycles. The van der Waals surface area contributed by atoms with Crippen molar-refractivity contribution in [3.05, 3.63) is 47.5 Å². The highest BCUT2D eigenvalue weighted by Crippen LogP contribution is 2.29. The summed E-state index contributed by atoms with van der Waals surface area (Å²) in [6.07, 6.45) is 5.88. The van der Waals surface area contributed by atoms with E-state index in [1.54, 1.807) is 17.1 Å². The summed E-state index contributed by atoms with van der Waals surface area (Å²) < 4.78 is 5.84. The zero-order valence-electron chi connectivity index (χ0n) is 19.5. The number of rotatable bonds is 6. The molecule has 176 valence electrons. The van der Waals surface area contributed by atoms with Crippen LogP contribution in [-0.4, -0.2) is 71.0 Å².